The molecular weight excluding hydrogens is 279 g/mol. The van der Waals surface area contributed by atoms with E-state index in [-0.39, 0.29) is 19.1 Å². The number of aryl methyl sites for hydroxylation is 1. The van der Waals surface area contributed by atoms with Gasteiger partial charge in [0.1, 0.15) is 0 Å². The van der Waals surface area contributed by atoms with Gasteiger partial charge in [-0.1, -0.05) is 31.2 Å². The van der Waals surface area contributed by atoms with Crippen LogP contribution in [-0.2, 0) is 4.74 Å². The van der Waals surface area contributed by atoms with Crippen LogP contribution in [-0.4, -0.2) is 25.9 Å². The minimum absolute atomic E-state index is 0.0117. The monoisotopic (exact) mass is 303 g/mol. The quantitative estimate of drug-likeness (QED) is 0.683. The van der Waals surface area contributed by atoms with Gasteiger partial charge in [0.05, 0.1) is 12.6 Å². The Balaban J connectivity index is 2.46. The molecule has 0 spiro atoms. The molecule has 1 aromatic carbocycles. The molecule has 0 bridgehead atoms. The van der Waals surface area contributed by atoms with Crippen LogP contribution in [0.15, 0.2) is 24.3 Å². The smallest absolute Gasteiger partial charge is 0.379 e. The number of alkyl halides is 3. The Hall–Kier alpha value is -1.07. The number of hydrogen-bond donors (Lipinski definition) is 1. The first-order valence-electron chi connectivity index (χ1n) is 7.37. The molecule has 0 fully saturated rings. The van der Waals surface area contributed by atoms with Crippen LogP contribution in [0.1, 0.15) is 43.4 Å². The zero-order valence-corrected chi connectivity index (χ0v) is 12.7. The van der Waals surface area contributed by atoms with E-state index in [2.05, 4.69) is 12.2 Å². The molecular formula is C16H24F3NO. The zero-order chi connectivity index (χ0) is 15.7. The largest absolute Gasteiger partial charge is 0.389 e. The molecule has 1 aromatic rings. The second-order valence-electron chi connectivity index (χ2n) is 5.16. The summed E-state index contributed by atoms with van der Waals surface area (Å²) >= 11 is 0. The summed E-state index contributed by atoms with van der Waals surface area (Å²) in [4.78, 5) is 0. The summed E-state index contributed by atoms with van der Waals surface area (Å²) < 4.78 is 41.6. The van der Waals surface area contributed by atoms with E-state index in [9.17, 15) is 13.2 Å². The highest BCUT2D eigenvalue weighted by atomic mass is 19.4. The predicted molar refractivity (Wildman–Crippen MR) is 78.3 cm³/mol. The average Bonchev–Trinajstić information content (AvgIpc) is 2.41. The fourth-order valence-corrected chi connectivity index (χ4v) is 2.13. The van der Waals surface area contributed by atoms with Crippen LogP contribution in [0.5, 0.6) is 0 Å². The van der Waals surface area contributed by atoms with Gasteiger partial charge in [0, 0.05) is 13.0 Å². The average molecular weight is 303 g/mol. The first-order valence-corrected chi connectivity index (χ1v) is 7.37. The van der Waals surface area contributed by atoms with Crippen molar-refractivity contribution in [2.75, 3.05) is 19.8 Å². The van der Waals surface area contributed by atoms with Gasteiger partial charge in [-0.3, -0.25) is 0 Å². The molecule has 1 N–H and O–H groups in total. The van der Waals surface area contributed by atoms with Gasteiger partial charge in [-0.2, -0.15) is 13.2 Å². The molecule has 0 saturated carbocycles. The van der Waals surface area contributed by atoms with Gasteiger partial charge in [0.2, 0.25) is 0 Å². The SMILES string of the molecule is CCCNC(COCCCC(F)(F)F)c1ccccc1C. The van der Waals surface area contributed by atoms with Crippen molar-refractivity contribution in [1.82, 2.24) is 5.32 Å². The van der Waals surface area contributed by atoms with Crippen LogP contribution in [0.4, 0.5) is 13.2 Å². The molecule has 120 valence electrons. The Bertz CT molecular complexity index is 407. The summed E-state index contributed by atoms with van der Waals surface area (Å²) in [6, 6.07) is 8.02. The summed E-state index contributed by atoms with van der Waals surface area (Å²) in [6.45, 7) is 5.48. The van der Waals surface area contributed by atoms with Crippen molar-refractivity contribution < 1.29 is 17.9 Å². The van der Waals surface area contributed by atoms with Crippen molar-refractivity contribution in [1.29, 1.82) is 0 Å². The van der Waals surface area contributed by atoms with Crippen molar-refractivity contribution in [2.24, 2.45) is 0 Å². The van der Waals surface area contributed by atoms with Crippen LogP contribution < -0.4 is 5.32 Å². The highest BCUT2D eigenvalue weighted by Crippen LogP contribution is 2.22. The Morgan fingerprint density at radius 2 is 1.95 bits per heavy atom. The maximum Gasteiger partial charge on any atom is 0.389 e. The van der Waals surface area contributed by atoms with Gasteiger partial charge in [-0.15, -0.1) is 0 Å². The molecule has 0 aliphatic heterocycles. The number of hydrogen-bond acceptors (Lipinski definition) is 2. The zero-order valence-electron chi connectivity index (χ0n) is 12.7. The van der Waals surface area contributed by atoms with Crippen LogP contribution >= 0.6 is 0 Å². The fourth-order valence-electron chi connectivity index (χ4n) is 2.13. The Morgan fingerprint density at radius 3 is 2.57 bits per heavy atom. The molecule has 0 aliphatic carbocycles. The molecule has 0 aliphatic rings. The van der Waals surface area contributed by atoms with Gasteiger partial charge < -0.3 is 10.1 Å². The van der Waals surface area contributed by atoms with Gasteiger partial charge in [0.15, 0.2) is 0 Å². The van der Waals surface area contributed by atoms with Crippen molar-refractivity contribution in [2.45, 2.75) is 45.3 Å². The lowest BCUT2D eigenvalue weighted by molar-refractivity contribution is -0.138. The molecule has 2 nitrogen and oxygen atoms in total. The topological polar surface area (TPSA) is 21.3 Å². The second-order valence-corrected chi connectivity index (χ2v) is 5.16. The number of ether oxygens (including phenoxy) is 1. The highest BCUT2D eigenvalue weighted by Gasteiger charge is 2.26. The third-order valence-corrected chi connectivity index (χ3v) is 3.24. The van der Waals surface area contributed by atoms with E-state index in [4.69, 9.17) is 4.74 Å². The van der Waals surface area contributed by atoms with E-state index in [0.29, 0.717) is 6.61 Å². The third-order valence-electron chi connectivity index (χ3n) is 3.24. The van der Waals surface area contributed by atoms with Crippen LogP contribution in [0, 0.1) is 6.92 Å². The molecule has 0 aromatic heterocycles. The number of halogens is 3. The van der Waals surface area contributed by atoms with Crippen LogP contribution in [0.3, 0.4) is 0 Å². The molecule has 5 heteroatoms. The van der Waals surface area contributed by atoms with Crippen molar-refractivity contribution >= 4 is 0 Å². The van der Waals surface area contributed by atoms with E-state index in [1.165, 1.54) is 0 Å². The standard InChI is InChI=1S/C16H24F3NO/c1-3-10-20-15(14-8-5-4-7-13(14)2)12-21-11-6-9-16(17,18)19/h4-5,7-8,15,20H,3,6,9-12H2,1-2H3. The van der Waals surface area contributed by atoms with Gasteiger partial charge in [-0.25, -0.2) is 0 Å². The van der Waals surface area contributed by atoms with Gasteiger partial charge >= 0.3 is 6.18 Å². The second kappa shape index (κ2) is 9.05. The van der Waals surface area contributed by atoms with Crippen LogP contribution in [0.25, 0.3) is 0 Å². The Morgan fingerprint density at radius 1 is 1.24 bits per heavy atom. The van der Waals surface area contributed by atoms with Crippen molar-refractivity contribution in [3.05, 3.63) is 35.4 Å². The van der Waals surface area contributed by atoms with Crippen LogP contribution in [0.2, 0.25) is 0 Å². The van der Waals surface area contributed by atoms with Gasteiger partial charge in [-0.05, 0) is 37.4 Å². The first kappa shape index (κ1) is 18.0. The molecule has 1 atom stereocenters. The maximum absolute atomic E-state index is 12.1. The molecule has 1 unspecified atom stereocenters. The maximum atomic E-state index is 12.1. The summed E-state index contributed by atoms with van der Waals surface area (Å²) in [6.07, 6.45) is -3.88. The Kier molecular flexibility index (Phi) is 7.75. The van der Waals surface area contributed by atoms with Crippen molar-refractivity contribution in [3.63, 3.8) is 0 Å². The first-order chi connectivity index (χ1) is 9.94. The summed E-state index contributed by atoms with van der Waals surface area (Å²) in [5.41, 5.74) is 2.30. The lowest BCUT2D eigenvalue weighted by atomic mass is 10.0. The lowest BCUT2D eigenvalue weighted by Gasteiger charge is -2.21. The highest BCUT2D eigenvalue weighted by molar-refractivity contribution is 5.28. The molecule has 1 rings (SSSR count). The normalized spacial score (nSPS) is 13.4. The van der Waals surface area contributed by atoms with Crippen molar-refractivity contribution in [3.8, 4) is 0 Å². The molecule has 0 saturated heterocycles. The minimum Gasteiger partial charge on any atom is -0.379 e. The van der Waals surface area contributed by atoms with E-state index < -0.39 is 12.6 Å². The number of rotatable bonds is 9. The van der Waals surface area contributed by atoms with Gasteiger partial charge in [0.25, 0.3) is 0 Å². The number of benzene rings is 1. The van der Waals surface area contributed by atoms with E-state index in [1.807, 2.05) is 31.2 Å². The lowest BCUT2D eigenvalue weighted by Crippen LogP contribution is -2.27. The third kappa shape index (κ3) is 7.48. The summed E-state index contributed by atoms with van der Waals surface area (Å²) in [5.74, 6) is 0. The predicted octanol–water partition coefficient (Wildman–Crippen LogP) is 4.39. The number of nitrogens with one attached hydrogen (secondary N) is 1. The summed E-state index contributed by atoms with van der Waals surface area (Å²) in [7, 11) is 0. The van der Waals surface area contributed by atoms with E-state index in [0.717, 1.165) is 24.1 Å². The molecule has 0 heterocycles. The van der Waals surface area contributed by atoms with E-state index in [1.54, 1.807) is 0 Å². The summed E-state index contributed by atoms with van der Waals surface area (Å²) in [5, 5.41) is 3.39. The van der Waals surface area contributed by atoms with E-state index >= 15 is 0 Å². The molecule has 0 amide bonds. The molecule has 21 heavy (non-hydrogen) atoms. The fraction of sp³-hybridized carbons (Fsp3) is 0.625. The Labute approximate surface area is 124 Å². The molecule has 0 radical (unpaired) electrons. The minimum atomic E-state index is -4.10.